The number of carbonyl (C=O) groups excluding carboxylic acids is 1. The van der Waals surface area contributed by atoms with Gasteiger partial charge < -0.3 is 24.8 Å². The molecule has 11 nitrogen and oxygen atoms in total. The van der Waals surface area contributed by atoms with Crippen molar-refractivity contribution in [1.82, 2.24) is 19.8 Å². The summed E-state index contributed by atoms with van der Waals surface area (Å²) in [6.07, 6.45) is 12.6. The van der Waals surface area contributed by atoms with E-state index in [-0.39, 0.29) is 36.4 Å². The van der Waals surface area contributed by atoms with E-state index in [2.05, 4.69) is 25.0 Å². The number of hydrogen-bond donors (Lipinski definition) is 2. The van der Waals surface area contributed by atoms with Crippen LogP contribution in [0.1, 0.15) is 77.0 Å². The Bertz CT molecular complexity index is 1010. The average Bonchev–Trinajstić information content (AvgIpc) is 3.30. The summed E-state index contributed by atoms with van der Waals surface area (Å²) in [4.78, 5) is 40.2. The number of aromatic nitrogens is 2. The third-order valence-corrected chi connectivity index (χ3v) is 9.54. The molecule has 5 fully saturated rings. The first-order valence-electron chi connectivity index (χ1n) is 15.0. The van der Waals surface area contributed by atoms with Crippen LogP contribution in [0.3, 0.4) is 0 Å². The van der Waals surface area contributed by atoms with Gasteiger partial charge in [0.15, 0.2) is 0 Å². The molecule has 2 saturated carbocycles. The number of fused-ring (bicyclic) bond motifs is 1. The van der Waals surface area contributed by atoms with E-state index < -0.39 is 6.16 Å². The molecule has 6 rings (SSSR count). The summed E-state index contributed by atoms with van der Waals surface area (Å²) in [6.45, 7) is 3.26. The first kappa shape index (κ1) is 26.4. The van der Waals surface area contributed by atoms with Crippen molar-refractivity contribution in [3.05, 3.63) is 12.3 Å². The van der Waals surface area contributed by atoms with Crippen molar-refractivity contribution in [2.75, 3.05) is 36.4 Å². The highest BCUT2D eigenvalue weighted by Gasteiger charge is 2.51. The van der Waals surface area contributed by atoms with Crippen LogP contribution in [0.25, 0.3) is 0 Å². The summed E-state index contributed by atoms with van der Waals surface area (Å²) in [5, 5.41) is 12.5. The third-order valence-electron chi connectivity index (χ3n) is 9.54. The van der Waals surface area contributed by atoms with Crippen molar-refractivity contribution in [3.8, 4) is 0 Å². The predicted molar refractivity (Wildman–Crippen MR) is 145 cm³/mol. The average molecular weight is 543 g/mol. The number of nitrogens with zero attached hydrogens (tertiary/aromatic N) is 5. The summed E-state index contributed by atoms with van der Waals surface area (Å²) in [5.74, 6) is 1.68. The van der Waals surface area contributed by atoms with Gasteiger partial charge in [0.25, 0.3) is 0 Å². The zero-order valence-electron chi connectivity index (χ0n) is 22.7. The monoisotopic (exact) mass is 542 g/mol. The van der Waals surface area contributed by atoms with Crippen molar-refractivity contribution in [3.63, 3.8) is 0 Å². The zero-order chi connectivity index (χ0) is 26.8. The number of amides is 1. The van der Waals surface area contributed by atoms with Gasteiger partial charge >= 0.3 is 12.2 Å². The molecule has 2 aliphatic carbocycles. The van der Waals surface area contributed by atoms with Crippen LogP contribution in [0.4, 0.5) is 21.4 Å². The fourth-order valence-electron chi connectivity index (χ4n) is 7.56. The maximum Gasteiger partial charge on any atom is 0.506 e. The van der Waals surface area contributed by atoms with Crippen LogP contribution in [0, 0.1) is 0 Å². The van der Waals surface area contributed by atoms with Gasteiger partial charge in [-0.2, -0.15) is 4.98 Å². The van der Waals surface area contributed by atoms with Crippen LogP contribution in [0.2, 0.25) is 0 Å². The van der Waals surface area contributed by atoms with Gasteiger partial charge in [-0.25, -0.2) is 14.6 Å². The molecule has 5 aliphatic rings. The van der Waals surface area contributed by atoms with Crippen LogP contribution >= 0.6 is 0 Å². The highest BCUT2D eigenvalue weighted by Crippen LogP contribution is 2.38. The standard InChI is InChI=1S/C28H42N6O5/c35-27-34(23-8-4-7-22(25(23)39-27)32-17-12-21(13-18-32)38-28(36)37)20-10-15-33(16-11-20)24-9-14-29-26(31-24)30-19-5-2-1-3-6-19/h9,14,19-23,25H,1-8,10-13,15-18H2,(H,36,37)(H,29,30,31). The fourth-order valence-corrected chi connectivity index (χ4v) is 7.56. The third kappa shape index (κ3) is 5.88. The maximum atomic E-state index is 13.2. The lowest BCUT2D eigenvalue weighted by Gasteiger charge is -2.44. The van der Waals surface area contributed by atoms with E-state index in [1.807, 2.05) is 12.3 Å². The van der Waals surface area contributed by atoms with E-state index in [0.717, 1.165) is 70.0 Å². The second-order valence-electron chi connectivity index (χ2n) is 11.9. The molecule has 0 spiro atoms. The van der Waals surface area contributed by atoms with Crippen molar-refractivity contribution in [2.24, 2.45) is 0 Å². The molecule has 0 bridgehead atoms. The number of nitrogens with one attached hydrogen (secondary N) is 1. The Hall–Kier alpha value is -2.82. The minimum absolute atomic E-state index is 0.114. The SMILES string of the molecule is O=C(O)OC1CCN(C2CCCC3C2OC(=O)N3C2CCN(c3ccnc(NC4CCCCC4)n3)CC2)CC1. The van der Waals surface area contributed by atoms with Gasteiger partial charge in [0, 0.05) is 50.5 Å². The summed E-state index contributed by atoms with van der Waals surface area (Å²) < 4.78 is 11.1. The van der Waals surface area contributed by atoms with E-state index in [4.69, 9.17) is 19.6 Å². The number of carboxylic acid groups (broad SMARTS) is 1. The molecule has 3 saturated heterocycles. The smallest absolute Gasteiger partial charge is 0.450 e. The molecule has 11 heteroatoms. The fraction of sp³-hybridized carbons (Fsp3) is 0.786. The molecular weight excluding hydrogens is 500 g/mol. The lowest BCUT2D eigenvalue weighted by molar-refractivity contribution is -0.0241. The summed E-state index contributed by atoms with van der Waals surface area (Å²) in [5.41, 5.74) is 0. The first-order valence-corrected chi connectivity index (χ1v) is 15.0. The van der Waals surface area contributed by atoms with E-state index in [1.54, 1.807) is 0 Å². The van der Waals surface area contributed by atoms with Crippen LogP contribution in [-0.4, -0.2) is 99.7 Å². The predicted octanol–water partition coefficient (Wildman–Crippen LogP) is 4.09. The van der Waals surface area contributed by atoms with Gasteiger partial charge in [-0.05, 0) is 63.9 Å². The maximum absolute atomic E-state index is 13.2. The molecular formula is C28H42N6O5. The lowest BCUT2D eigenvalue weighted by Crippen LogP contribution is -2.56. The number of ether oxygens (including phenoxy) is 2. The van der Waals surface area contributed by atoms with Crippen LogP contribution in [0.15, 0.2) is 12.3 Å². The second-order valence-corrected chi connectivity index (χ2v) is 11.9. The number of carbonyl (C=O) groups is 2. The van der Waals surface area contributed by atoms with Crippen molar-refractivity contribution < 1.29 is 24.2 Å². The molecule has 0 aromatic carbocycles. The largest absolute Gasteiger partial charge is 0.506 e. The van der Waals surface area contributed by atoms with Gasteiger partial charge in [0.05, 0.1) is 6.04 Å². The van der Waals surface area contributed by atoms with E-state index in [1.165, 1.54) is 32.1 Å². The highest BCUT2D eigenvalue weighted by atomic mass is 16.7. The molecule has 39 heavy (non-hydrogen) atoms. The topological polar surface area (TPSA) is 120 Å². The zero-order valence-corrected chi connectivity index (χ0v) is 22.7. The Kier molecular flexibility index (Phi) is 7.95. The molecule has 2 N–H and O–H groups in total. The normalized spacial score (nSPS) is 29.6. The van der Waals surface area contributed by atoms with Gasteiger partial charge in [-0.1, -0.05) is 19.3 Å². The van der Waals surface area contributed by atoms with Crippen molar-refractivity contribution in [2.45, 2.75) is 113 Å². The number of likely N-dealkylation sites (tertiary alicyclic amines) is 1. The molecule has 1 aromatic heterocycles. The van der Waals surface area contributed by atoms with E-state index in [9.17, 15) is 9.59 Å². The number of anilines is 2. The van der Waals surface area contributed by atoms with Gasteiger partial charge in [-0.15, -0.1) is 0 Å². The molecule has 3 atom stereocenters. The van der Waals surface area contributed by atoms with Crippen molar-refractivity contribution in [1.29, 1.82) is 0 Å². The Morgan fingerprint density at radius 3 is 2.44 bits per heavy atom. The number of rotatable bonds is 6. The number of hydrogen-bond acceptors (Lipinski definition) is 9. The minimum atomic E-state index is -1.20. The minimum Gasteiger partial charge on any atom is -0.450 e. The van der Waals surface area contributed by atoms with E-state index >= 15 is 0 Å². The molecule has 214 valence electrons. The van der Waals surface area contributed by atoms with Gasteiger partial charge in [0.2, 0.25) is 5.95 Å². The van der Waals surface area contributed by atoms with Crippen LogP contribution < -0.4 is 10.2 Å². The molecule has 0 radical (unpaired) electrons. The molecule has 1 amide bonds. The first-order chi connectivity index (χ1) is 19.0. The lowest BCUT2D eigenvalue weighted by atomic mass is 9.85. The summed E-state index contributed by atoms with van der Waals surface area (Å²) in [6, 6.07) is 2.95. The Morgan fingerprint density at radius 1 is 0.949 bits per heavy atom. The quantitative estimate of drug-likeness (QED) is 0.509. The van der Waals surface area contributed by atoms with Crippen LogP contribution in [-0.2, 0) is 9.47 Å². The molecule has 1 aromatic rings. The van der Waals surface area contributed by atoms with Gasteiger partial charge in [0.1, 0.15) is 18.0 Å². The number of piperidine rings is 2. The summed E-state index contributed by atoms with van der Waals surface area (Å²) >= 11 is 0. The Morgan fingerprint density at radius 2 is 1.69 bits per heavy atom. The summed E-state index contributed by atoms with van der Waals surface area (Å²) in [7, 11) is 0. The molecule has 4 heterocycles. The Labute approximate surface area is 230 Å². The van der Waals surface area contributed by atoms with Crippen molar-refractivity contribution >= 4 is 24.0 Å². The van der Waals surface area contributed by atoms with Gasteiger partial charge in [-0.3, -0.25) is 9.80 Å². The van der Waals surface area contributed by atoms with E-state index in [0.29, 0.717) is 18.9 Å². The molecule has 3 aliphatic heterocycles. The Balaban J connectivity index is 1.04. The second kappa shape index (κ2) is 11.7. The highest BCUT2D eigenvalue weighted by molar-refractivity contribution is 5.71. The molecule has 3 unspecified atom stereocenters. The van der Waals surface area contributed by atoms with Crippen LogP contribution in [0.5, 0.6) is 0 Å².